The monoisotopic (exact) mass is 401 g/mol. The van der Waals surface area contributed by atoms with Crippen LogP contribution in [0.15, 0.2) is 59.5 Å². The molecule has 2 amide bonds. The molecule has 8 heteroatoms. The Morgan fingerprint density at radius 3 is 2.18 bits per heavy atom. The van der Waals surface area contributed by atoms with Gasteiger partial charge in [-0.25, -0.2) is 8.42 Å². The van der Waals surface area contributed by atoms with Crippen molar-refractivity contribution in [1.82, 2.24) is 4.31 Å². The van der Waals surface area contributed by atoms with Crippen LogP contribution in [-0.4, -0.2) is 37.6 Å². The predicted octanol–water partition coefficient (Wildman–Crippen LogP) is 2.68. The second-order valence-corrected chi connectivity index (χ2v) is 8.70. The van der Waals surface area contributed by atoms with Crippen LogP contribution in [0.25, 0.3) is 0 Å². The van der Waals surface area contributed by atoms with E-state index in [9.17, 15) is 18.0 Å². The second-order valence-electron chi connectivity index (χ2n) is 6.76. The summed E-state index contributed by atoms with van der Waals surface area (Å²) in [6, 6.07) is 15.1. The van der Waals surface area contributed by atoms with Crippen molar-refractivity contribution >= 4 is 33.2 Å². The molecule has 2 aromatic carbocycles. The van der Waals surface area contributed by atoms with Gasteiger partial charge >= 0.3 is 0 Å². The highest BCUT2D eigenvalue weighted by Gasteiger charge is 2.33. The van der Waals surface area contributed by atoms with Crippen molar-refractivity contribution in [3.63, 3.8) is 0 Å². The molecule has 1 heterocycles. The van der Waals surface area contributed by atoms with Gasteiger partial charge in [0, 0.05) is 31.4 Å². The van der Waals surface area contributed by atoms with Crippen LogP contribution in [0.5, 0.6) is 0 Å². The standard InChI is InChI=1S/C20H23N3O4S/c1-15(24)21-17-9-11-18(12-10-17)22-20(25)16-6-5-13-23(14-16)28(26,27)19-7-3-2-4-8-19/h2-4,7-12,16H,5-6,13-14H2,1H3,(H,21,24)(H,22,25)/t16-/m1/s1. The molecular formula is C20H23N3O4S. The van der Waals surface area contributed by atoms with E-state index >= 15 is 0 Å². The number of carbonyl (C=O) groups excluding carboxylic acids is 2. The van der Waals surface area contributed by atoms with E-state index in [1.165, 1.54) is 11.2 Å². The largest absolute Gasteiger partial charge is 0.326 e. The number of amides is 2. The molecule has 28 heavy (non-hydrogen) atoms. The van der Waals surface area contributed by atoms with E-state index in [1.807, 2.05) is 0 Å². The highest BCUT2D eigenvalue weighted by Crippen LogP contribution is 2.25. The SMILES string of the molecule is CC(=O)Nc1ccc(NC(=O)[C@@H]2CCCN(S(=O)(=O)c3ccccc3)C2)cc1. The molecule has 0 aromatic heterocycles. The second kappa shape index (κ2) is 8.53. The van der Waals surface area contributed by atoms with E-state index in [4.69, 9.17) is 0 Å². The fraction of sp³-hybridized carbons (Fsp3) is 0.300. The van der Waals surface area contributed by atoms with Crippen LogP contribution in [-0.2, 0) is 19.6 Å². The molecule has 7 nitrogen and oxygen atoms in total. The fourth-order valence-electron chi connectivity index (χ4n) is 3.20. The van der Waals surface area contributed by atoms with Crippen molar-refractivity contribution in [3.05, 3.63) is 54.6 Å². The molecule has 1 fully saturated rings. The Morgan fingerprint density at radius 1 is 0.964 bits per heavy atom. The molecule has 2 N–H and O–H groups in total. The quantitative estimate of drug-likeness (QED) is 0.805. The van der Waals surface area contributed by atoms with Gasteiger partial charge in [0.2, 0.25) is 21.8 Å². The predicted molar refractivity (Wildman–Crippen MR) is 107 cm³/mol. The van der Waals surface area contributed by atoms with Crippen LogP contribution in [0.3, 0.4) is 0 Å². The number of benzene rings is 2. The summed E-state index contributed by atoms with van der Waals surface area (Å²) in [6.45, 7) is 1.99. The highest BCUT2D eigenvalue weighted by atomic mass is 32.2. The van der Waals surface area contributed by atoms with Gasteiger partial charge < -0.3 is 10.6 Å². The number of carbonyl (C=O) groups is 2. The average molecular weight is 401 g/mol. The van der Waals surface area contributed by atoms with Gasteiger partial charge in [-0.2, -0.15) is 4.31 Å². The van der Waals surface area contributed by atoms with E-state index < -0.39 is 15.9 Å². The minimum Gasteiger partial charge on any atom is -0.326 e. The molecule has 1 saturated heterocycles. The smallest absolute Gasteiger partial charge is 0.243 e. The molecule has 0 radical (unpaired) electrons. The molecule has 2 aromatic rings. The fourth-order valence-corrected chi connectivity index (χ4v) is 4.75. The first kappa shape index (κ1) is 20.0. The van der Waals surface area contributed by atoms with E-state index in [-0.39, 0.29) is 23.3 Å². The van der Waals surface area contributed by atoms with Crippen LogP contribution in [0.2, 0.25) is 0 Å². The number of piperidine rings is 1. The maximum Gasteiger partial charge on any atom is 0.243 e. The Kier molecular flexibility index (Phi) is 6.11. The lowest BCUT2D eigenvalue weighted by Gasteiger charge is -2.31. The summed E-state index contributed by atoms with van der Waals surface area (Å²) >= 11 is 0. The number of nitrogens with zero attached hydrogens (tertiary/aromatic N) is 1. The maximum atomic E-state index is 12.8. The van der Waals surface area contributed by atoms with Gasteiger partial charge in [0.05, 0.1) is 10.8 Å². The molecule has 148 valence electrons. The van der Waals surface area contributed by atoms with Crippen LogP contribution in [0.4, 0.5) is 11.4 Å². The summed E-state index contributed by atoms with van der Waals surface area (Å²) in [5.41, 5.74) is 1.24. The summed E-state index contributed by atoms with van der Waals surface area (Å²) in [5.74, 6) is -0.791. The molecule has 1 atom stereocenters. The van der Waals surface area contributed by atoms with Crippen LogP contribution < -0.4 is 10.6 Å². The first-order valence-electron chi connectivity index (χ1n) is 9.10. The third-order valence-electron chi connectivity index (χ3n) is 4.61. The van der Waals surface area contributed by atoms with Crippen molar-refractivity contribution in [2.45, 2.75) is 24.7 Å². The molecular weight excluding hydrogens is 378 g/mol. The molecule has 0 unspecified atom stereocenters. The number of anilines is 2. The molecule has 0 saturated carbocycles. The lowest BCUT2D eigenvalue weighted by atomic mass is 9.98. The van der Waals surface area contributed by atoms with Crippen molar-refractivity contribution in [2.75, 3.05) is 23.7 Å². The Balaban J connectivity index is 1.65. The van der Waals surface area contributed by atoms with Gasteiger partial charge in [-0.3, -0.25) is 9.59 Å². The minimum absolute atomic E-state index is 0.160. The Morgan fingerprint density at radius 2 is 1.57 bits per heavy atom. The van der Waals surface area contributed by atoms with Crippen molar-refractivity contribution in [1.29, 1.82) is 0 Å². The highest BCUT2D eigenvalue weighted by molar-refractivity contribution is 7.89. The van der Waals surface area contributed by atoms with Crippen molar-refractivity contribution in [2.24, 2.45) is 5.92 Å². The number of hydrogen-bond donors (Lipinski definition) is 2. The summed E-state index contributed by atoms with van der Waals surface area (Å²) in [5, 5.41) is 5.49. The molecule has 0 aliphatic carbocycles. The number of hydrogen-bond acceptors (Lipinski definition) is 4. The Hall–Kier alpha value is -2.71. The van der Waals surface area contributed by atoms with E-state index in [1.54, 1.807) is 54.6 Å². The lowest BCUT2D eigenvalue weighted by molar-refractivity contribution is -0.121. The normalized spacial score (nSPS) is 17.7. The van der Waals surface area contributed by atoms with E-state index in [2.05, 4.69) is 10.6 Å². The van der Waals surface area contributed by atoms with Gasteiger partial charge in [-0.05, 0) is 49.2 Å². The zero-order valence-corrected chi connectivity index (χ0v) is 16.4. The first-order chi connectivity index (χ1) is 13.4. The van der Waals surface area contributed by atoms with Gasteiger partial charge in [0.15, 0.2) is 0 Å². The zero-order valence-electron chi connectivity index (χ0n) is 15.6. The summed E-state index contributed by atoms with van der Waals surface area (Å²) < 4.78 is 27.0. The summed E-state index contributed by atoms with van der Waals surface area (Å²) in [6.07, 6.45) is 1.27. The molecule has 3 rings (SSSR count). The lowest BCUT2D eigenvalue weighted by Crippen LogP contribution is -2.43. The van der Waals surface area contributed by atoms with Crippen molar-refractivity contribution < 1.29 is 18.0 Å². The molecule has 1 aliphatic heterocycles. The summed E-state index contributed by atoms with van der Waals surface area (Å²) in [7, 11) is -3.61. The number of rotatable bonds is 5. The summed E-state index contributed by atoms with van der Waals surface area (Å²) in [4.78, 5) is 23.9. The van der Waals surface area contributed by atoms with Gasteiger partial charge in [0.1, 0.15) is 0 Å². The average Bonchev–Trinajstić information content (AvgIpc) is 2.70. The van der Waals surface area contributed by atoms with Gasteiger partial charge in [-0.1, -0.05) is 18.2 Å². The topological polar surface area (TPSA) is 95.6 Å². The maximum absolute atomic E-state index is 12.8. The zero-order chi connectivity index (χ0) is 20.1. The Bertz CT molecular complexity index is 943. The first-order valence-corrected chi connectivity index (χ1v) is 10.5. The van der Waals surface area contributed by atoms with Crippen LogP contribution >= 0.6 is 0 Å². The van der Waals surface area contributed by atoms with Crippen LogP contribution in [0, 0.1) is 5.92 Å². The third kappa shape index (κ3) is 4.76. The number of nitrogens with one attached hydrogen (secondary N) is 2. The number of sulfonamides is 1. The molecule has 0 spiro atoms. The van der Waals surface area contributed by atoms with Crippen molar-refractivity contribution in [3.8, 4) is 0 Å². The van der Waals surface area contributed by atoms with Gasteiger partial charge in [-0.15, -0.1) is 0 Å². The van der Waals surface area contributed by atoms with E-state index in [0.717, 1.165) is 0 Å². The molecule has 0 bridgehead atoms. The minimum atomic E-state index is -3.61. The molecule has 1 aliphatic rings. The Labute approximate surface area is 164 Å². The van der Waals surface area contributed by atoms with Crippen LogP contribution in [0.1, 0.15) is 19.8 Å². The third-order valence-corrected chi connectivity index (χ3v) is 6.49. The van der Waals surface area contributed by atoms with E-state index in [0.29, 0.717) is 30.8 Å². The van der Waals surface area contributed by atoms with Gasteiger partial charge in [0.25, 0.3) is 0 Å².